The summed E-state index contributed by atoms with van der Waals surface area (Å²) in [5.41, 5.74) is 1.01. The molecule has 1 aliphatic rings. The van der Waals surface area contributed by atoms with Crippen molar-refractivity contribution in [2.24, 2.45) is 0 Å². The zero-order valence-corrected chi connectivity index (χ0v) is 10.5. The Balaban J connectivity index is 2.00. The lowest BCUT2D eigenvalue weighted by molar-refractivity contribution is 0.312. The summed E-state index contributed by atoms with van der Waals surface area (Å²) in [5, 5.41) is 0.760. The molecule has 0 radical (unpaired) electrons. The van der Waals surface area contributed by atoms with Crippen LogP contribution in [0.5, 0.6) is 0 Å². The smallest absolute Gasteiger partial charge is 0.191 e. The number of likely N-dealkylation sites (N-methyl/N-ethyl adjacent to an activating group) is 1. The summed E-state index contributed by atoms with van der Waals surface area (Å²) < 4.78 is 0. The zero-order chi connectivity index (χ0) is 12.5. The van der Waals surface area contributed by atoms with Crippen molar-refractivity contribution in [2.45, 2.75) is 0 Å². The van der Waals surface area contributed by atoms with E-state index in [0.717, 1.165) is 42.9 Å². The number of nitrogens with one attached hydrogen (secondary N) is 1. The molecule has 0 spiro atoms. The molecule has 1 aliphatic heterocycles. The molecule has 1 aromatic carbocycles. The summed E-state index contributed by atoms with van der Waals surface area (Å²) in [4.78, 5) is 20.0. The van der Waals surface area contributed by atoms with Crippen LogP contribution in [-0.4, -0.2) is 43.1 Å². The van der Waals surface area contributed by atoms with Crippen LogP contribution in [0, 0.1) is 0 Å². The van der Waals surface area contributed by atoms with Gasteiger partial charge in [0, 0.05) is 37.6 Å². The van der Waals surface area contributed by atoms with Gasteiger partial charge in [-0.1, -0.05) is 12.1 Å². The number of pyridine rings is 1. The van der Waals surface area contributed by atoms with E-state index < -0.39 is 0 Å². The number of hydrogen-bond donors (Lipinski definition) is 1. The van der Waals surface area contributed by atoms with Gasteiger partial charge in [-0.2, -0.15) is 0 Å². The standard InChI is InChI=1S/C14H17N3O/c1-16-6-8-17(9-7-16)14-10-13(18)11-4-2-3-5-12(11)15-14/h2-5,10H,6-9H2,1H3,(H,15,18). The van der Waals surface area contributed by atoms with E-state index in [2.05, 4.69) is 21.8 Å². The van der Waals surface area contributed by atoms with Gasteiger partial charge in [-0.05, 0) is 19.2 Å². The first-order valence-corrected chi connectivity index (χ1v) is 6.29. The number of fused-ring (bicyclic) bond motifs is 1. The second kappa shape index (κ2) is 4.46. The highest BCUT2D eigenvalue weighted by molar-refractivity contribution is 5.80. The molecule has 1 saturated heterocycles. The summed E-state index contributed by atoms with van der Waals surface area (Å²) in [5.74, 6) is 0.937. The number of rotatable bonds is 1. The van der Waals surface area contributed by atoms with Crippen LogP contribution >= 0.6 is 0 Å². The van der Waals surface area contributed by atoms with E-state index in [1.807, 2.05) is 24.3 Å². The first kappa shape index (κ1) is 11.3. The number of piperazine rings is 1. The summed E-state index contributed by atoms with van der Waals surface area (Å²) in [6.45, 7) is 4.00. The monoisotopic (exact) mass is 243 g/mol. The third kappa shape index (κ3) is 1.99. The van der Waals surface area contributed by atoms with Crippen LogP contribution < -0.4 is 10.3 Å². The Morgan fingerprint density at radius 2 is 1.83 bits per heavy atom. The molecule has 0 aliphatic carbocycles. The molecule has 4 heteroatoms. The highest BCUT2D eigenvalue weighted by atomic mass is 16.1. The third-order valence-corrected chi connectivity index (χ3v) is 3.57. The van der Waals surface area contributed by atoms with E-state index in [1.54, 1.807) is 6.07 Å². The second-order valence-corrected chi connectivity index (χ2v) is 4.85. The highest BCUT2D eigenvalue weighted by Crippen LogP contribution is 2.15. The average Bonchev–Trinajstić information content (AvgIpc) is 2.39. The summed E-state index contributed by atoms with van der Waals surface area (Å²) in [6, 6.07) is 9.38. The highest BCUT2D eigenvalue weighted by Gasteiger charge is 2.15. The van der Waals surface area contributed by atoms with Gasteiger partial charge in [-0.25, -0.2) is 0 Å². The Hall–Kier alpha value is -1.81. The van der Waals surface area contributed by atoms with Crippen molar-refractivity contribution in [3.8, 4) is 0 Å². The number of anilines is 1. The fourth-order valence-electron chi connectivity index (χ4n) is 2.40. The minimum atomic E-state index is 0.0956. The van der Waals surface area contributed by atoms with Crippen molar-refractivity contribution >= 4 is 16.7 Å². The van der Waals surface area contributed by atoms with Gasteiger partial charge in [-0.3, -0.25) is 4.79 Å². The van der Waals surface area contributed by atoms with E-state index >= 15 is 0 Å². The van der Waals surface area contributed by atoms with Crippen LogP contribution in [0.15, 0.2) is 35.1 Å². The number of nitrogens with zero attached hydrogens (tertiary/aromatic N) is 2. The Kier molecular flexibility index (Phi) is 2.80. The Morgan fingerprint density at radius 3 is 2.61 bits per heavy atom. The largest absolute Gasteiger partial charge is 0.355 e. The SMILES string of the molecule is CN1CCN(c2cc(=O)c3ccccc3[nH]2)CC1. The molecule has 94 valence electrons. The molecule has 3 rings (SSSR count). The molecule has 18 heavy (non-hydrogen) atoms. The molecule has 2 aromatic rings. The van der Waals surface area contributed by atoms with E-state index in [4.69, 9.17) is 0 Å². The molecule has 1 fully saturated rings. The Morgan fingerprint density at radius 1 is 1.11 bits per heavy atom. The average molecular weight is 243 g/mol. The number of hydrogen-bond acceptors (Lipinski definition) is 3. The summed E-state index contributed by atoms with van der Waals surface area (Å²) in [6.07, 6.45) is 0. The number of aromatic nitrogens is 1. The lowest BCUT2D eigenvalue weighted by Crippen LogP contribution is -2.45. The fraction of sp³-hybridized carbons (Fsp3) is 0.357. The molecular weight excluding hydrogens is 226 g/mol. The van der Waals surface area contributed by atoms with Crippen LogP contribution in [0.4, 0.5) is 5.82 Å². The van der Waals surface area contributed by atoms with E-state index in [9.17, 15) is 4.79 Å². The molecule has 1 N–H and O–H groups in total. The molecule has 0 bridgehead atoms. The van der Waals surface area contributed by atoms with Crippen molar-refractivity contribution in [3.63, 3.8) is 0 Å². The van der Waals surface area contributed by atoms with Gasteiger partial charge in [-0.15, -0.1) is 0 Å². The molecule has 0 amide bonds. The van der Waals surface area contributed by atoms with Gasteiger partial charge in [0.25, 0.3) is 0 Å². The molecule has 0 saturated carbocycles. The van der Waals surface area contributed by atoms with Gasteiger partial charge in [0.05, 0.1) is 5.52 Å². The van der Waals surface area contributed by atoms with Crippen molar-refractivity contribution in [1.82, 2.24) is 9.88 Å². The van der Waals surface area contributed by atoms with Gasteiger partial charge < -0.3 is 14.8 Å². The second-order valence-electron chi connectivity index (χ2n) is 4.85. The van der Waals surface area contributed by atoms with E-state index in [0.29, 0.717) is 0 Å². The van der Waals surface area contributed by atoms with Crippen molar-refractivity contribution in [1.29, 1.82) is 0 Å². The minimum absolute atomic E-state index is 0.0956. The van der Waals surface area contributed by atoms with Gasteiger partial charge in [0.15, 0.2) is 5.43 Å². The Bertz CT molecular complexity index is 612. The summed E-state index contributed by atoms with van der Waals surface area (Å²) in [7, 11) is 2.13. The van der Waals surface area contributed by atoms with Crippen LogP contribution in [0.25, 0.3) is 10.9 Å². The van der Waals surface area contributed by atoms with Crippen molar-refractivity contribution < 1.29 is 0 Å². The third-order valence-electron chi connectivity index (χ3n) is 3.57. The molecule has 1 aromatic heterocycles. The maximum absolute atomic E-state index is 12.0. The van der Waals surface area contributed by atoms with E-state index in [-0.39, 0.29) is 5.43 Å². The Labute approximate surface area is 106 Å². The predicted molar refractivity (Wildman–Crippen MR) is 74.3 cm³/mol. The van der Waals surface area contributed by atoms with Crippen LogP contribution in [0.1, 0.15) is 0 Å². The maximum Gasteiger partial charge on any atom is 0.191 e. The number of benzene rings is 1. The fourth-order valence-corrected chi connectivity index (χ4v) is 2.40. The first-order chi connectivity index (χ1) is 8.74. The lowest BCUT2D eigenvalue weighted by atomic mass is 10.2. The zero-order valence-electron chi connectivity index (χ0n) is 10.5. The van der Waals surface area contributed by atoms with Crippen molar-refractivity contribution in [3.05, 3.63) is 40.6 Å². The topological polar surface area (TPSA) is 39.3 Å². The van der Waals surface area contributed by atoms with Gasteiger partial charge in [0.1, 0.15) is 5.82 Å². The first-order valence-electron chi connectivity index (χ1n) is 6.29. The summed E-state index contributed by atoms with van der Waals surface area (Å²) >= 11 is 0. The lowest BCUT2D eigenvalue weighted by Gasteiger charge is -2.33. The van der Waals surface area contributed by atoms with Crippen LogP contribution in [0.2, 0.25) is 0 Å². The number of para-hydroxylation sites is 1. The molecule has 0 atom stereocenters. The predicted octanol–water partition coefficient (Wildman–Crippen LogP) is 1.28. The van der Waals surface area contributed by atoms with Crippen LogP contribution in [-0.2, 0) is 0 Å². The molecule has 0 unspecified atom stereocenters. The number of H-pyrrole nitrogens is 1. The van der Waals surface area contributed by atoms with Gasteiger partial charge in [0.2, 0.25) is 0 Å². The molecule has 4 nitrogen and oxygen atoms in total. The maximum atomic E-state index is 12.0. The molecular formula is C14H17N3O. The normalized spacial score (nSPS) is 17.3. The van der Waals surface area contributed by atoms with Crippen LogP contribution in [0.3, 0.4) is 0 Å². The van der Waals surface area contributed by atoms with E-state index in [1.165, 1.54) is 0 Å². The number of aromatic amines is 1. The quantitative estimate of drug-likeness (QED) is 0.820. The molecule has 2 heterocycles. The van der Waals surface area contributed by atoms with Gasteiger partial charge >= 0.3 is 0 Å². The van der Waals surface area contributed by atoms with Crippen molar-refractivity contribution in [2.75, 3.05) is 38.1 Å². The minimum Gasteiger partial charge on any atom is -0.355 e.